The molecule has 1 saturated heterocycles. The molecule has 0 bridgehead atoms. The normalized spacial score (nSPS) is 21.6. The second kappa shape index (κ2) is 7.21. The van der Waals surface area contributed by atoms with Crippen LogP contribution < -0.4 is 16.0 Å². The largest absolute Gasteiger partial charge is 0.463 e. The molecule has 2 amide bonds. The lowest BCUT2D eigenvalue weighted by molar-refractivity contribution is -0.125. The number of amides is 2. The molecule has 2 fully saturated rings. The van der Waals surface area contributed by atoms with Gasteiger partial charge in [-0.05, 0) is 30.5 Å². The standard InChI is InChI=1S/C21H21N5O3/c27-19-12-15(13-5-2-1-3-6-13)22-21(24-19)26-18(23-20(28)14-8-9-14)11-16(25-26)17-7-4-10-29-17/h1-7,10-11,14-15,21-22H,8-9,12H2,(H,23,28)(H,24,27). The summed E-state index contributed by atoms with van der Waals surface area (Å²) in [6, 6.07) is 15.0. The van der Waals surface area contributed by atoms with Gasteiger partial charge in [0.1, 0.15) is 11.5 Å². The monoisotopic (exact) mass is 391 g/mol. The minimum atomic E-state index is -0.598. The molecule has 1 aromatic carbocycles. The molecule has 29 heavy (non-hydrogen) atoms. The van der Waals surface area contributed by atoms with Crippen LogP contribution in [0.25, 0.3) is 11.5 Å². The first-order valence-electron chi connectivity index (χ1n) is 9.72. The summed E-state index contributed by atoms with van der Waals surface area (Å²) in [5, 5.41) is 13.9. The number of rotatable bonds is 5. The number of furan rings is 1. The van der Waals surface area contributed by atoms with Gasteiger partial charge in [0.05, 0.1) is 6.26 Å². The average molecular weight is 391 g/mol. The Morgan fingerprint density at radius 2 is 2.00 bits per heavy atom. The second-order valence-corrected chi connectivity index (χ2v) is 7.40. The number of carbonyl (C=O) groups is 2. The maximum absolute atomic E-state index is 12.4. The molecule has 0 radical (unpaired) electrons. The van der Waals surface area contributed by atoms with Crippen molar-refractivity contribution in [3.05, 3.63) is 60.4 Å². The number of nitrogens with zero attached hydrogens (tertiary/aromatic N) is 2. The van der Waals surface area contributed by atoms with Crippen LogP contribution in [0.2, 0.25) is 0 Å². The molecule has 5 rings (SSSR count). The third kappa shape index (κ3) is 3.66. The predicted molar refractivity (Wildman–Crippen MR) is 105 cm³/mol. The molecular formula is C21H21N5O3. The van der Waals surface area contributed by atoms with Crippen molar-refractivity contribution in [2.24, 2.45) is 5.92 Å². The van der Waals surface area contributed by atoms with E-state index in [0.717, 1.165) is 18.4 Å². The van der Waals surface area contributed by atoms with E-state index in [-0.39, 0.29) is 23.8 Å². The molecular weight excluding hydrogens is 370 g/mol. The molecule has 1 aliphatic heterocycles. The number of aromatic nitrogens is 2. The van der Waals surface area contributed by atoms with E-state index in [1.165, 1.54) is 0 Å². The lowest BCUT2D eigenvalue weighted by Gasteiger charge is -2.32. The van der Waals surface area contributed by atoms with Crippen LogP contribution in [0.4, 0.5) is 5.82 Å². The number of anilines is 1. The predicted octanol–water partition coefficient (Wildman–Crippen LogP) is 2.80. The summed E-state index contributed by atoms with van der Waals surface area (Å²) in [6.45, 7) is 0. The summed E-state index contributed by atoms with van der Waals surface area (Å²) in [4.78, 5) is 24.8. The van der Waals surface area contributed by atoms with Gasteiger partial charge in [-0.15, -0.1) is 0 Å². The Labute approximate surface area is 167 Å². The summed E-state index contributed by atoms with van der Waals surface area (Å²) in [6.07, 6.45) is 3.11. The van der Waals surface area contributed by atoms with E-state index in [1.807, 2.05) is 30.3 Å². The number of hydrogen-bond acceptors (Lipinski definition) is 5. The van der Waals surface area contributed by atoms with Crippen molar-refractivity contribution in [2.45, 2.75) is 31.6 Å². The smallest absolute Gasteiger partial charge is 0.228 e. The van der Waals surface area contributed by atoms with E-state index in [4.69, 9.17) is 4.42 Å². The van der Waals surface area contributed by atoms with Gasteiger partial charge in [0.2, 0.25) is 11.8 Å². The summed E-state index contributed by atoms with van der Waals surface area (Å²) >= 11 is 0. The molecule has 3 N–H and O–H groups in total. The lowest BCUT2D eigenvalue weighted by atomic mass is 10.0. The second-order valence-electron chi connectivity index (χ2n) is 7.40. The Balaban J connectivity index is 1.47. The van der Waals surface area contributed by atoms with Crippen LogP contribution in [0.15, 0.2) is 59.2 Å². The Hall–Kier alpha value is -3.39. The third-order valence-corrected chi connectivity index (χ3v) is 5.20. The average Bonchev–Trinajstić information content (AvgIpc) is 3.28. The van der Waals surface area contributed by atoms with Crippen LogP contribution in [0, 0.1) is 5.92 Å². The maximum Gasteiger partial charge on any atom is 0.228 e. The highest BCUT2D eigenvalue weighted by Crippen LogP contribution is 2.32. The summed E-state index contributed by atoms with van der Waals surface area (Å²) < 4.78 is 7.06. The van der Waals surface area contributed by atoms with Crippen molar-refractivity contribution in [3.8, 4) is 11.5 Å². The Morgan fingerprint density at radius 3 is 2.72 bits per heavy atom. The van der Waals surface area contributed by atoms with E-state index in [2.05, 4.69) is 21.0 Å². The summed E-state index contributed by atoms with van der Waals surface area (Å²) in [7, 11) is 0. The quantitative estimate of drug-likeness (QED) is 0.621. The van der Waals surface area contributed by atoms with Gasteiger partial charge in [0.15, 0.2) is 12.0 Å². The SMILES string of the molecule is O=C1CC(c2ccccc2)NC(n2nc(-c3ccco3)cc2NC(=O)C2CC2)N1. The molecule has 148 valence electrons. The van der Waals surface area contributed by atoms with Crippen molar-refractivity contribution < 1.29 is 14.0 Å². The highest BCUT2D eigenvalue weighted by molar-refractivity contribution is 5.93. The Kier molecular flexibility index (Phi) is 4.40. The zero-order valence-electron chi connectivity index (χ0n) is 15.7. The van der Waals surface area contributed by atoms with Gasteiger partial charge >= 0.3 is 0 Å². The van der Waals surface area contributed by atoms with Crippen molar-refractivity contribution in [2.75, 3.05) is 5.32 Å². The summed E-state index contributed by atoms with van der Waals surface area (Å²) in [5.74, 6) is 1.04. The van der Waals surface area contributed by atoms with Crippen LogP contribution in [0.3, 0.4) is 0 Å². The summed E-state index contributed by atoms with van der Waals surface area (Å²) in [5.41, 5.74) is 1.60. The fraction of sp³-hybridized carbons (Fsp3) is 0.286. The van der Waals surface area contributed by atoms with Crippen molar-refractivity contribution >= 4 is 17.6 Å². The van der Waals surface area contributed by atoms with Crippen LogP contribution >= 0.6 is 0 Å². The van der Waals surface area contributed by atoms with Crippen LogP contribution in [-0.2, 0) is 9.59 Å². The number of nitrogens with one attached hydrogen (secondary N) is 3. The van der Waals surface area contributed by atoms with Crippen molar-refractivity contribution in [1.29, 1.82) is 0 Å². The van der Waals surface area contributed by atoms with Crippen LogP contribution in [-0.4, -0.2) is 21.6 Å². The molecule has 2 aliphatic rings. The fourth-order valence-corrected chi connectivity index (χ4v) is 3.52. The molecule has 8 nitrogen and oxygen atoms in total. The van der Waals surface area contributed by atoms with Gasteiger partial charge in [-0.25, -0.2) is 4.68 Å². The molecule has 3 heterocycles. The highest BCUT2D eigenvalue weighted by atomic mass is 16.3. The van der Waals surface area contributed by atoms with Gasteiger partial charge < -0.3 is 15.1 Å². The lowest BCUT2D eigenvalue weighted by Crippen LogP contribution is -2.50. The fourth-order valence-electron chi connectivity index (χ4n) is 3.52. The molecule has 1 aliphatic carbocycles. The van der Waals surface area contributed by atoms with Crippen molar-refractivity contribution in [3.63, 3.8) is 0 Å². The first-order valence-corrected chi connectivity index (χ1v) is 9.72. The zero-order chi connectivity index (χ0) is 19.8. The molecule has 8 heteroatoms. The Morgan fingerprint density at radius 1 is 1.17 bits per heavy atom. The molecule has 2 unspecified atom stereocenters. The highest BCUT2D eigenvalue weighted by Gasteiger charge is 2.33. The van der Waals surface area contributed by atoms with Gasteiger partial charge in [0.25, 0.3) is 0 Å². The minimum absolute atomic E-state index is 0.0288. The Bertz CT molecular complexity index is 1020. The molecule has 2 aromatic heterocycles. The molecule has 1 saturated carbocycles. The van der Waals surface area contributed by atoms with E-state index in [1.54, 1.807) is 29.1 Å². The first kappa shape index (κ1) is 17.7. The number of hydrogen-bond donors (Lipinski definition) is 3. The zero-order valence-corrected chi connectivity index (χ0v) is 15.7. The van der Waals surface area contributed by atoms with Gasteiger partial charge in [-0.3, -0.25) is 14.9 Å². The van der Waals surface area contributed by atoms with Crippen LogP contribution in [0.5, 0.6) is 0 Å². The molecule has 2 atom stereocenters. The van der Waals surface area contributed by atoms with Crippen molar-refractivity contribution in [1.82, 2.24) is 20.4 Å². The van der Waals surface area contributed by atoms with E-state index < -0.39 is 6.29 Å². The minimum Gasteiger partial charge on any atom is -0.463 e. The molecule has 0 spiro atoms. The molecule has 3 aromatic rings. The first-order chi connectivity index (χ1) is 14.2. The maximum atomic E-state index is 12.4. The third-order valence-electron chi connectivity index (χ3n) is 5.20. The number of carbonyl (C=O) groups excluding carboxylic acids is 2. The topological polar surface area (TPSA) is 101 Å². The van der Waals surface area contributed by atoms with Gasteiger partial charge in [-0.1, -0.05) is 30.3 Å². The number of benzene rings is 1. The van der Waals surface area contributed by atoms with E-state index in [9.17, 15) is 9.59 Å². The van der Waals surface area contributed by atoms with E-state index >= 15 is 0 Å². The van der Waals surface area contributed by atoms with Gasteiger partial charge in [-0.2, -0.15) is 5.10 Å². The van der Waals surface area contributed by atoms with Crippen LogP contribution in [0.1, 0.15) is 37.2 Å². The van der Waals surface area contributed by atoms with Gasteiger partial charge in [0, 0.05) is 24.4 Å². The van der Waals surface area contributed by atoms with E-state index in [0.29, 0.717) is 23.7 Å².